The molecule has 1 aromatic rings. The Morgan fingerprint density at radius 2 is 2.11 bits per heavy atom. The van der Waals surface area contributed by atoms with Crippen molar-refractivity contribution in [3.05, 3.63) is 34.9 Å². The van der Waals surface area contributed by atoms with E-state index < -0.39 is 11.9 Å². The number of carboxylic acid groups (broad SMARTS) is 1. The first-order valence-corrected chi connectivity index (χ1v) is 6.63. The Balaban J connectivity index is 1.85. The molecule has 0 saturated heterocycles. The smallest absolute Gasteiger partial charge is 0.307 e. The van der Waals surface area contributed by atoms with Crippen molar-refractivity contribution in [2.45, 2.75) is 25.8 Å². The number of nitrogens with one attached hydrogen (secondary N) is 1. The van der Waals surface area contributed by atoms with Crippen molar-refractivity contribution in [2.24, 2.45) is 11.8 Å². The van der Waals surface area contributed by atoms with Crippen LogP contribution in [0, 0.1) is 11.8 Å². The molecule has 0 aliphatic heterocycles. The quantitative estimate of drug-likeness (QED) is 0.869. The van der Waals surface area contributed by atoms with Gasteiger partial charge in [0.25, 0.3) is 0 Å². The molecule has 1 unspecified atom stereocenters. The molecular weight excluding hydrogens is 266 g/mol. The average molecular weight is 282 g/mol. The van der Waals surface area contributed by atoms with Gasteiger partial charge >= 0.3 is 5.97 Å². The second kappa shape index (κ2) is 5.61. The third-order valence-corrected chi connectivity index (χ3v) is 3.69. The van der Waals surface area contributed by atoms with Gasteiger partial charge in [-0.25, -0.2) is 0 Å². The van der Waals surface area contributed by atoms with E-state index in [2.05, 4.69) is 5.32 Å². The maximum Gasteiger partial charge on any atom is 0.307 e. The van der Waals surface area contributed by atoms with Crippen molar-refractivity contribution in [1.29, 1.82) is 0 Å². The van der Waals surface area contributed by atoms with Crippen molar-refractivity contribution in [3.63, 3.8) is 0 Å². The molecule has 1 amide bonds. The number of rotatable bonds is 5. The van der Waals surface area contributed by atoms with Gasteiger partial charge in [-0.2, -0.15) is 0 Å². The minimum atomic E-state index is -0.890. The summed E-state index contributed by atoms with van der Waals surface area (Å²) in [7, 11) is 0. The van der Waals surface area contributed by atoms with Gasteiger partial charge in [0, 0.05) is 11.1 Å². The van der Waals surface area contributed by atoms with Gasteiger partial charge < -0.3 is 10.4 Å². The van der Waals surface area contributed by atoms with E-state index in [0.717, 1.165) is 5.56 Å². The van der Waals surface area contributed by atoms with Crippen LogP contribution in [0.15, 0.2) is 24.3 Å². The highest BCUT2D eigenvalue weighted by Gasteiger charge is 2.48. The van der Waals surface area contributed by atoms with Crippen LogP contribution < -0.4 is 5.32 Å². The summed E-state index contributed by atoms with van der Waals surface area (Å²) in [6.45, 7) is 1.89. The number of hydrogen-bond donors (Lipinski definition) is 2. The lowest BCUT2D eigenvalue weighted by atomic mass is 10.1. The third kappa shape index (κ3) is 3.47. The normalized spacial score (nSPS) is 22.6. The summed E-state index contributed by atoms with van der Waals surface area (Å²) in [5.41, 5.74) is 0.975. The Labute approximate surface area is 116 Å². The van der Waals surface area contributed by atoms with Gasteiger partial charge in [-0.3, -0.25) is 9.59 Å². The zero-order valence-electron chi connectivity index (χ0n) is 10.6. The number of benzene rings is 1. The molecule has 2 N–H and O–H groups in total. The second-order valence-electron chi connectivity index (χ2n) is 4.99. The minimum Gasteiger partial charge on any atom is -0.481 e. The van der Waals surface area contributed by atoms with Gasteiger partial charge in [0.15, 0.2) is 0 Å². The maximum atomic E-state index is 11.8. The predicted molar refractivity (Wildman–Crippen MR) is 72.0 cm³/mol. The van der Waals surface area contributed by atoms with Crippen LogP contribution in [0.5, 0.6) is 0 Å². The van der Waals surface area contributed by atoms with Crippen LogP contribution in [-0.4, -0.2) is 23.0 Å². The predicted octanol–water partition coefficient (Wildman–Crippen LogP) is 2.11. The van der Waals surface area contributed by atoms with Crippen LogP contribution in [0.4, 0.5) is 0 Å². The molecule has 0 bridgehead atoms. The highest BCUT2D eigenvalue weighted by molar-refractivity contribution is 6.31. The number of carbonyl (C=O) groups excluding carboxylic acids is 1. The van der Waals surface area contributed by atoms with Crippen LogP contribution in [-0.2, 0) is 16.0 Å². The number of amides is 1. The lowest BCUT2D eigenvalue weighted by molar-refractivity contribution is -0.140. The van der Waals surface area contributed by atoms with Crippen molar-refractivity contribution >= 4 is 23.5 Å². The first kappa shape index (κ1) is 13.9. The third-order valence-electron chi connectivity index (χ3n) is 3.32. The van der Waals surface area contributed by atoms with Crippen LogP contribution in [0.1, 0.15) is 18.9 Å². The number of hydrogen-bond acceptors (Lipinski definition) is 2. The number of carboxylic acids is 1. The largest absolute Gasteiger partial charge is 0.481 e. The van der Waals surface area contributed by atoms with Gasteiger partial charge in [0.1, 0.15) is 0 Å². The van der Waals surface area contributed by atoms with E-state index in [4.69, 9.17) is 16.7 Å². The van der Waals surface area contributed by atoms with Crippen LogP contribution in [0.25, 0.3) is 0 Å². The molecule has 1 aliphatic rings. The highest BCUT2D eigenvalue weighted by atomic mass is 35.5. The molecule has 5 heteroatoms. The molecule has 3 atom stereocenters. The molecule has 19 heavy (non-hydrogen) atoms. The summed E-state index contributed by atoms with van der Waals surface area (Å²) >= 11 is 6.05. The van der Waals surface area contributed by atoms with Gasteiger partial charge in [-0.05, 0) is 31.4 Å². The van der Waals surface area contributed by atoms with Crippen LogP contribution in [0.2, 0.25) is 5.02 Å². The fourth-order valence-corrected chi connectivity index (χ4v) is 2.37. The molecule has 4 nitrogen and oxygen atoms in total. The van der Waals surface area contributed by atoms with E-state index in [-0.39, 0.29) is 17.9 Å². The Morgan fingerprint density at radius 1 is 1.42 bits per heavy atom. The Bertz CT molecular complexity index is 503. The molecule has 0 radical (unpaired) electrons. The molecule has 2 rings (SSSR count). The van der Waals surface area contributed by atoms with Gasteiger partial charge in [0.2, 0.25) is 5.91 Å². The molecule has 1 aromatic carbocycles. The SMILES string of the molecule is CC(Cc1ccccc1Cl)NC(=O)[C@@H]1C[C@@H]1C(=O)O. The van der Waals surface area contributed by atoms with Crippen molar-refractivity contribution in [2.75, 3.05) is 0 Å². The lowest BCUT2D eigenvalue weighted by Crippen LogP contribution is -2.35. The summed E-state index contributed by atoms with van der Waals surface area (Å²) in [5.74, 6) is -1.94. The zero-order valence-corrected chi connectivity index (χ0v) is 11.4. The monoisotopic (exact) mass is 281 g/mol. The van der Waals surface area contributed by atoms with Crippen molar-refractivity contribution in [3.8, 4) is 0 Å². The lowest BCUT2D eigenvalue weighted by Gasteiger charge is -2.14. The van der Waals surface area contributed by atoms with Crippen molar-refractivity contribution in [1.82, 2.24) is 5.32 Å². The summed E-state index contributed by atoms with van der Waals surface area (Å²) < 4.78 is 0. The Kier molecular flexibility index (Phi) is 4.10. The van der Waals surface area contributed by atoms with Gasteiger partial charge in [0.05, 0.1) is 11.8 Å². The number of carbonyl (C=O) groups is 2. The van der Waals surface area contributed by atoms with E-state index in [0.29, 0.717) is 17.9 Å². The first-order valence-electron chi connectivity index (χ1n) is 6.25. The summed E-state index contributed by atoms with van der Waals surface area (Å²) in [6, 6.07) is 7.42. The Hall–Kier alpha value is -1.55. The van der Waals surface area contributed by atoms with E-state index in [1.54, 1.807) is 0 Å². The molecule has 0 spiro atoms. The van der Waals surface area contributed by atoms with E-state index in [1.165, 1.54) is 0 Å². The molecule has 1 aliphatic carbocycles. The molecule has 0 heterocycles. The van der Waals surface area contributed by atoms with Gasteiger partial charge in [-0.15, -0.1) is 0 Å². The van der Waals surface area contributed by atoms with Crippen LogP contribution >= 0.6 is 11.6 Å². The number of aliphatic carboxylic acids is 1. The van der Waals surface area contributed by atoms with E-state index in [9.17, 15) is 9.59 Å². The summed E-state index contributed by atoms with van der Waals surface area (Å²) in [4.78, 5) is 22.5. The minimum absolute atomic E-state index is 0.0672. The summed E-state index contributed by atoms with van der Waals surface area (Å²) in [6.07, 6.45) is 1.08. The maximum absolute atomic E-state index is 11.8. The fraction of sp³-hybridized carbons (Fsp3) is 0.429. The number of halogens is 1. The van der Waals surface area contributed by atoms with Gasteiger partial charge in [-0.1, -0.05) is 29.8 Å². The summed E-state index contributed by atoms with van der Waals surface area (Å²) in [5, 5.41) is 12.3. The molecule has 1 fully saturated rings. The topological polar surface area (TPSA) is 66.4 Å². The standard InChI is InChI=1S/C14H16ClNO3/c1-8(6-9-4-2-3-5-12(9)15)16-13(17)10-7-11(10)14(18)19/h2-5,8,10-11H,6-7H2,1H3,(H,16,17)(H,18,19)/t8?,10-,11+/m1/s1. The first-order chi connectivity index (χ1) is 8.99. The van der Waals surface area contributed by atoms with Crippen molar-refractivity contribution < 1.29 is 14.7 Å². The zero-order chi connectivity index (χ0) is 14.0. The molecular formula is C14H16ClNO3. The van der Waals surface area contributed by atoms with E-state index >= 15 is 0 Å². The highest BCUT2D eigenvalue weighted by Crippen LogP contribution is 2.38. The second-order valence-corrected chi connectivity index (χ2v) is 5.40. The Morgan fingerprint density at radius 3 is 2.68 bits per heavy atom. The molecule has 0 aromatic heterocycles. The molecule has 1 saturated carbocycles. The fourth-order valence-electron chi connectivity index (χ4n) is 2.15. The molecule has 102 valence electrons. The average Bonchev–Trinajstić information content (AvgIpc) is 3.12. The van der Waals surface area contributed by atoms with E-state index in [1.807, 2.05) is 31.2 Å². The van der Waals surface area contributed by atoms with Crippen LogP contribution in [0.3, 0.4) is 0 Å².